The molecule has 2 bridgehead atoms. The van der Waals surface area contributed by atoms with Gasteiger partial charge in [0.05, 0.1) is 4.92 Å². The molecule has 24 heavy (non-hydrogen) atoms. The smallest absolute Gasteiger partial charge is 0.269 e. The van der Waals surface area contributed by atoms with E-state index in [1.807, 2.05) is 6.07 Å². The predicted molar refractivity (Wildman–Crippen MR) is 88.6 cm³/mol. The van der Waals surface area contributed by atoms with E-state index in [0.717, 1.165) is 12.0 Å². The number of nitro benzene ring substituents is 1. The Morgan fingerprint density at radius 1 is 1.08 bits per heavy atom. The van der Waals surface area contributed by atoms with Crippen LogP contribution in [0.4, 0.5) is 5.69 Å². The maximum Gasteiger partial charge on any atom is 0.269 e. The van der Waals surface area contributed by atoms with Gasteiger partial charge in [-0.2, -0.15) is 0 Å². The van der Waals surface area contributed by atoms with Gasteiger partial charge in [-0.25, -0.2) is 0 Å². The van der Waals surface area contributed by atoms with Crippen molar-refractivity contribution in [2.45, 2.75) is 12.3 Å². The number of aromatic nitrogens is 1. The molecule has 4 rings (SSSR count). The summed E-state index contributed by atoms with van der Waals surface area (Å²) >= 11 is 0. The molecule has 120 valence electrons. The molecular formula is C19H16N2O3. The maximum atomic E-state index is 13.0. The van der Waals surface area contributed by atoms with Crippen LogP contribution >= 0.6 is 0 Å². The monoisotopic (exact) mass is 320 g/mol. The highest BCUT2D eigenvalue weighted by atomic mass is 16.6. The molecule has 2 aromatic rings. The quantitative estimate of drug-likeness (QED) is 0.372. The standard InChI is InChI=1S/C19H16N2O3/c22-19(16-3-1-2-10-20-16)18-14-5-4-13(11-14)17(18)12-6-8-15(9-7-12)21(23)24/h1-10,13-14,17-18H,11H2/t13-,14+,17-,18-/m0/s1. The SMILES string of the molecule is O=C(c1ccccn1)[C@@H]1[C@@H](c2ccc([N+](=O)[O-])cc2)[C@H]2C=C[C@@H]1C2. The average Bonchev–Trinajstić information content (AvgIpc) is 3.23. The Bertz CT molecular complexity index is 814. The number of nitrogens with zero attached hydrogens (tertiary/aromatic N) is 2. The zero-order valence-electron chi connectivity index (χ0n) is 12.9. The van der Waals surface area contributed by atoms with Crippen LogP contribution in [-0.4, -0.2) is 15.7 Å². The van der Waals surface area contributed by atoms with Gasteiger partial charge in [0.1, 0.15) is 5.69 Å². The molecule has 0 amide bonds. The van der Waals surface area contributed by atoms with Crippen LogP contribution in [0.15, 0.2) is 60.8 Å². The van der Waals surface area contributed by atoms with Gasteiger partial charge in [-0.15, -0.1) is 0 Å². The van der Waals surface area contributed by atoms with Crippen LogP contribution in [0.2, 0.25) is 0 Å². The number of allylic oxidation sites excluding steroid dienone is 2. The first-order valence-corrected chi connectivity index (χ1v) is 8.03. The summed E-state index contributed by atoms with van der Waals surface area (Å²) in [4.78, 5) is 27.6. The number of hydrogen-bond donors (Lipinski definition) is 0. The topological polar surface area (TPSA) is 73.1 Å². The van der Waals surface area contributed by atoms with Gasteiger partial charge < -0.3 is 0 Å². The van der Waals surface area contributed by atoms with E-state index in [2.05, 4.69) is 17.1 Å². The minimum absolute atomic E-state index is 0.0651. The summed E-state index contributed by atoms with van der Waals surface area (Å²) in [6.07, 6.45) is 6.92. The molecule has 1 fully saturated rings. The van der Waals surface area contributed by atoms with E-state index in [9.17, 15) is 14.9 Å². The summed E-state index contributed by atoms with van der Waals surface area (Å²) in [7, 11) is 0. The van der Waals surface area contributed by atoms with Gasteiger partial charge in [0.15, 0.2) is 5.78 Å². The Balaban J connectivity index is 1.69. The molecule has 0 spiro atoms. The lowest BCUT2D eigenvalue weighted by Gasteiger charge is -2.27. The second kappa shape index (κ2) is 5.67. The number of non-ortho nitro benzene ring substituents is 1. The van der Waals surface area contributed by atoms with Crippen LogP contribution in [0.3, 0.4) is 0 Å². The first-order valence-electron chi connectivity index (χ1n) is 8.03. The second-order valence-corrected chi connectivity index (χ2v) is 6.43. The highest BCUT2D eigenvalue weighted by Gasteiger charge is 2.48. The number of pyridine rings is 1. The molecule has 2 aliphatic rings. The lowest BCUT2D eigenvalue weighted by molar-refractivity contribution is -0.384. The van der Waals surface area contributed by atoms with Crippen molar-refractivity contribution in [3.63, 3.8) is 0 Å². The van der Waals surface area contributed by atoms with Crippen LogP contribution in [-0.2, 0) is 0 Å². The lowest BCUT2D eigenvalue weighted by Crippen LogP contribution is -2.27. The van der Waals surface area contributed by atoms with E-state index in [-0.39, 0.29) is 29.2 Å². The van der Waals surface area contributed by atoms with Crippen LogP contribution < -0.4 is 0 Å². The highest BCUT2D eigenvalue weighted by molar-refractivity contribution is 5.97. The fourth-order valence-corrected chi connectivity index (χ4v) is 4.13. The van der Waals surface area contributed by atoms with Crippen LogP contribution in [0, 0.1) is 27.9 Å². The summed E-state index contributed by atoms with van der Waals surface area (Å²) in [5, 5.41) is 10.9. The number of nitro groups is 1. The molecule has 2 aliphatic carbocycles. The zero-order chi connectivity index (χ0) is 16.7. The molecular weight excluding hydrogens is 304 g/mol. The van der Waals surface area contributed by atoms with Crippen molar-refractivity contribution < 1.29 is 9.72 Å². The van der Waals surface area contributed by atoms with Gasteiger partial charge in [-0.3, -0.25) is 19.9 Å². The van der Waals surface area contributed by atoms with Gasteiger partial charge >= 0.3 is 0 Å². The van der Waals surface area contributed by atoms with E-state index in [0.29, 0.717) is 11.6 Å². The van der Waals surface area contributed by atoms with E-state index in [1.165, 1.54) is 12.1 Å². The van der Waals surface area contributed by atoms with E-state index in [1.54, 1.807) is 30.5 Å². The Morgan fingerprint density at radius 2 is 1.83 bits per heavy atom. The van der Waals surface area contributed by atoms with E-state index >= 15 is 0 Å². The first-order chi connectivity index (χ1) is 11.6. The summed E-state index contributed by atoms with van der Waals surface area (Å²) in [6.45, 7) is 0. The third kappa shape index (κ3) is 2.33. The normalized spacial score (nSPS) is 27.3. The molecule has 0 aliphatic heterocycles. The van der Waals surface area contributed by atoms with Crippen molar-refractivity contribution in [3.8, 4) is 0 Å². The lowest BCUT2D eigenvalue weighted by atomic mass is 9.75. The molecule has 0 unspecified atom stereocenters. The largest absolute Gasteiger partial charge is 0.292 e. The molecule has 0 N–H and O–H groups in total. The number of carbonyl (C=O) groups excluding carboxylic acids is 1. The molecule has 0 radical (unpaired) electrons. The second-order valence-electron chi connectivity index (χ2n) is 6.43. The van der Waals surface area contributed by atoms with Crippen molar-refractivity contribution in [3.05, 3.63) is 82.2 Å². The minimum atomic E-state index is -0.402. The van der Waals surface area contributed by atoms with Crippen molar-refractivity contribution in [2.24, 2.45) is 17.8 Å². The van der Waals surface area contributed by atoms with E-state index in [4.69, 9.17) is 0 Å². The summed E-state index contributed by atoms with van der Waals surface area (Å²) in [6, 6.07) is 12.0. The van der Waals surface area contributed by atoms with Gasteiger partial charge in [-0.05, 0) is 36.0 Å². The van der Waals surface area contributed by atoms with Crippen molar-refractivity contribution in [1.29, 1.82) is 0 Å². The van der Waals surface area contributed by atoms with Crippen molar-refractivity contribution >= 4 is 11.5 Å². The fourth-order valence-electron chi connectivity index (χ4n) is 4.13. The Hall–Kier alpha value is -2.82. The molecule has 1 aromatic heterocycles. The number of Topliss-reactive ketones (excluding diaryl/α,β-unsaturated/α-hetero) is 1. The third-order valence-corrected chi connectivity index (χ3v) is 5.17. The van der Waals surface area contributed by atoms with Gasteiger partial charge in [0.2, 0.25) is 0 Å². The average molecular weight is 320 g/mol. The zero-order valence-corrected chi connectivity index (χ0v) is 12.9. The van der Waals surface area contributed by atoms with Crippen molar-refractivity contribution in [2.75, 3.05) is 0 Å². The molecule has 1 heterocycles. The number of hydrogen-bond acceptors (Lipinski definition) is 4. The summed E-state index contributed by atoms with van der Waals surface area (Å²) in [5.41, 5.74) is 1.56. The number of carbonyl (C=O) groups is 1. The molecule has 5 heteroatoms. The molecule has 5 nitrogen and oxygen atoms in total. The summed E-state index contributed by atoms with van der Waals surface area (Å²) < 4.78 is 0. The molecule has 1 saturated carbocycles. The fraction of sp³-hybridized carbons (Fsp3) is 0.263. The van der Waals surface area contributed by atoms with Gasteiger partial charge in [0.25, 0.3) is 5.69 Å². The van der Waals surface area contributed by atoms with Crippen LogP contribution in [0.25, 0.3) is 0 Å². The van der Waals surface area contributed by atoms with Crippen molar-refractivity contribution in [1.82, 2.24) is 4.98 Å². The van der Waals surface area contributed by atoms with Gasteiger partial charge in [0, 0.05) is 30.2 Å². The van der Waals surface area contributed by atoms with Gasteiger partial charge in [-0.1, -0.05) is 30.4 Å². The number of rotatable bonds is 4. The Morgan fingerprint density at radius 3 is 2.50 bits per heavy atom. The maximum absolute atomic E-state index is 13.0. The number of ketones is 1. The number of benzene rings is 1. The number of fused-ring (bicyclic) bond motifs is 2. The third-order valence-electron chi connectivity index (χ3n) is 5.17. The Kier molecular flexibility index (Phi) is 3.49. The van der Waals surface area contributed by atoms with E-state index < -0.39 is 4.92 Å². The molecule has 0 saturated heterocycles. The predicted octanol–water partition coefficient (Wildman–Crippen LogP) is 3.78. The van der Waals surface area contributed by atoms with Crippen LogP contribution in [0.1, 0.15) is 28.4 Å². The molecule has 1 aromatic carbocycles. The molecule has 4 atom stereocenters. The van der Waals surface area contributed by atoms with Crippen LogP contribution in [0.5, 0.6) is 0 Å². The summed E-state index contributed by atoms with van der Waals surface area (Å²) in [5.74, 6) is 0.529. The first kappa shape index (κ1) is 14.8. The Labute approximate surface area is 139 Å². The highest BCUT2D eigenvalue weighted by Crippen LogP contribution is 2.53. The minimum Gasteiger partial charge on any atom is -0.292 e.